The van der Waals surface area contributed by atoms with Gasteiger partial charge in [0.25, 0.3) is 0 Å². The molecule has 0 aliphatic heterocycles. The lowest BCUT2D eigenvalue weighted by atomic mass is 10.2. The number of nitrogens with zero attached hydrogens (tertiary/aromatic N) is 1. The van der Waals surface area contributed by atoms with Gasteiger partial charge in [-0.1, -0.05) is 0 Å². The number of anilines is 1. The van der Waals surface area contributed by atoms with Crippen LogP contribution in [0.15, 0.2) is 36.7 Å². The largest absolute Gasteiger partial charge is 0.384 e. The van der Waals surface area contributed by atoms with Gasteiger partial charge in [0, 0.05) is 23.7 Å². The molecule has 0 fully saturated rings. The third-order valence-corrected chi connectivity index (χ3v) is 1.69. The molecule has 0 amide bonds. The molecule has 0 radical (unpaired) electrons. The summed E-state index contributed by atoms with van der Waals surface area (Å²) in [5, 5.41) is 0. The molecule has 3 heteroatoms. The van der Waals surface area contributed by atoms with Crippen LogP contribution in [0.1, 0.15) is 0 Å². The number of hydrogen-bond donors (Lipinski definition) is 2. The lowest BCUT2D eigenvalue weighted by Gasteiger charge is -1.97. The first-order valence-corrected chi connectivity index (χ1v) is 3.71. The van der Waals surface area contributed by atoms with Crippen molar-refractivity contribution in [1.82, 2.24) is 9.97 Å². The van der Waals surface area contributed by atoms with Crippen LogP contribution in [0, 0.1) is 0 Å². The zero-order chi connectivity index (χ0) is 8.39. The zero-order valence-corrected chi connectivity index (χ0v) is 6.49. The predicted octanol–water partition coefficient (Wildman–Crippen LogP) is 1.66. The van der Waals surface area contributed by atoms with Crippen LogP contribution in [0.3, 0.4) is 0 Å². The first-order chi connectivity index (χ1) is 5.86. The summed E-state index contributed by atoms with van der Waals surface area (Å²) in [6.45, 7) is 0. The van der Waals surface area contributed by atoms with E-state index in [1.54, 1.807) is 6.20 Å². The van der Waals surface area contributed by atoms with E-state index in [9.17, 15) is 0 Å². The Morgan fingerprint density at radius 2 is 2.25 bits per heavy atom. The topological polar surface area (TPSA) is 54.7 Å². The molecule has 0 aliphatic rings. The number of nitrogens with two attached hydrogens (primary N) is 1. The van der Waals surface area contributed by atoms with Gasteiger partial charge < -0.3 is 10.7 Å². The van der Waals surface area contributed by atoms with Crippen molar-refractivity contribution < 1.29 is 0 Å². The Bertz CT molecular complexity index is 365. The molecule has 0 saturated heterocycles. The van der Waals surface area contributed by atoms with Gasteiger partial charge >= 0.3 is 0 Å². The summed E-state index contributed by atoms with van der Waals surface area (Å²) in [6, 6.07) is 7.70. The molecule has 12 heavy (non-hydrogen) atoms. The van der Waals surface area contributed by atoms with Crippen molar-refractivity contribution in [2.45, 2.75) is 0 Å². The van der Waals surface area contributed by atoms with E-state index in [1.807, 2.05) is 30.5 Å². The second-order valence-electron chi connectivity index (χ2n) is 2.55. The average Bonchev–Trinajstić information content (AvgIpc) is 2.56. The van der Waals surface area contributed by atoms with Gasteiger partial charge in [-0.25, -0.2) is 4.98 Å². The van der Waals surface area contributed by atoms with Gasteiger partial charge in [-0.2, -0.15) is 0 Å². The molecule has 0 unspecified atom stereocenters. The Kier molecular flexibility index (Phi) is 1.55. The number of aromatic nitrogens is 2. The number of aromatic amines is 1. The molecule has 0 spiro atoms. The van der Waals surface area contributed by atoms with Crippen molar-refractivity contribution in [3.8, 4) is 11.3 Å². The zero-order valence-electron chi connectivity index (χ0n) is 6.49. The van der Waals surface area contributed by atoms with Crippen LogP contribution in [0.2, 0.25) is 0 Å². The van der Waals surface area contributed by atoms with Crippen LogP contribution < -0.4 is 5.73 Å². The Hall–Kier alpha value is -1.77. The lowest BCUT2D eigenvalue weighted by molar-refractivity contribution is 1.32. The number of nitrogens with one attached hydrogen (secondary N) is 1. The van der Waals surface area contributed by atoms with Gasteiger partial charge in [-0.05, 0) is 24.3 Å². The summed E-state index contributed by atoms with van der Waals surface area (Å²) >= 11 is 0. The van der Waals surface area contributed by atoms with Gasteiger partial charge in [0.05, 0.1) is 0 Å². The van der Waals surface area contributed by atoms with E-state index >= 15 is 0 Å². The Morgan fingerprint density at radius 3 is 2.92 bits per heavy atom. The van der Waals surface area contributed by atoms with Crippen molar-refractivity contribution in [3.05, 3.63) is 36.7 Å². The molecule has 0 aromatic carbocycles. The summed E-state index contributed by atoms with van der Waals surface area (Å²) in [5.41, 5.74) is 7.66. The molecule has 3 nitrogen and oxygen atoms in total. The normalized spacial score (nSPS) is 10.0. The fourth-order valence-corrected chi connectivity index (χ4v) is 1.13. The highest BCUT2D eigenvalue weighted by molar-refractivity contribution is 5.61. The van der Waals surface area contributed by atoms with Crippen molar-refractivity contribution in [2.24, 2.45) is 0 Å². The minimum absolute atomic E-state index is 0.544. The number of hydrogen-bond acceptors (Lipinski definition) is 2. The Balaban J connectivity index is 2.48. The number of rotatable bonds is 1. The van der Waals surface area contributed by atoms with E-state index in [0.29, 0.717) is 5.82 Å². The highest BCUT2D eigenvalue weighted by Gasteiger charge is 1.96. The van der Waals surface area contributed by atoms with Crippen molar-refractivity contribution in [2.75, 3.05) is 5.73 Å². The summed E-state index contributed by atoms with van der Waals surface area (Å²) in [5.74, 6) is 0.544. The molecule has 0 bridgehead atoms. The first kappa shape index (κ1) is 6.91. The van der Waals surface area contributed by atoms with Crippen LogP contribution in [-0.4, -0.2) is 9.97 Å². The van der Waals surface area contributed by atoms with Crippen LogP contribution in [0.4, 0.5) is 5.82 Å². The molecule has 0 aliphatic carbocycles. The molecule has 2 aromatic rings. The maximum absolute atomic E-state index is 5.54. The molecule has 2 heterocycles. The van der Waals surface area contributed by atoms with Gasteiger partial charge in [0.1, 0.15) is 5.82 Å². The monoisotopic (exact) mass is 159 g/mol. The second-order valence-corrected chi connectivity index (χ2v) is 2.55. The van der Waals surface area contributed by atoms with Crippen molar-refractivity contribution >= 4 is 5.82 Å². The summed E-state index contributed by atoms with van der Waals surface area (Å²) < 4.78 is 0. The van der Waals surface area contributed by atoms with Crippen LogP contribution in [0.5, 0.6) is 0 Å². The quantitative estimate of drug-likeness (QED) is 0.664. The molecule has 2 aromatic heterocycles. The molecular formula is C9H9N3. The van der Waals surface area contributed by atoms with Crippen LogP contribution in [0.25, 0.3) is 11.3 Å². The molecule has 0 atom stereocenters. The highest BCUT2D eigenvalue weighted by Crippen LogP contribution is 2.17. The summed E-state index contributed by atoms with van der Waals surface area (Å²) in [7, 11) is 0. The second kappa shape index (κ2) is 2.70. The van der Waals surface area contributed by atoms with Gasteiger partial charge in [0.2, 0.25) is 0 Å². The smallest absolute Gasteiger partial charge is 0.123 e. The van der Waals surface area contributed by atoms with Crippen molar-refractivity contribution in [1.29, 1.82) is 0 Å². The first-order valence-electron chi connectivity index (χ1n) is 3.71. The minimum atomic E-state index is 0.544. The number of H-pyrrole nitrogens is 1. The van der Waals surface area contributed by atoms with Crippen molar-refractivity contribution in [3.63, 3.8) is 0 Å². The molecule has 60 valence electrons. The maximum Gasteiger partial charge on any atom is 0.123 e. The average molecular weight is 159 g/mol. The van der Waals surface area contributed by atoms with Gasteiger partial charge in [-0.3, -0.25) is 0 Å². The van der Waals surface area contributed by atoms with E-state index in [1.165, 1.54) is 0 Å². The SMILES string of the molecule is Nc1cc(-c2ccc[nH]2)ccn1. The molecular weight excluding hydrogens is 150 g/mol. The lowest BCUT2D eigenvalue weighted by Crippen LogP contribution is -1.89. The van der Waals surface area contributed by atoms with Gasteiger partial charge in [0.15, 0.2) is 0 Å². The number of nitrogen functional groups attached to an aromatic ring is 1. The highest BCUT2D eigenvalue weighted by atomic mass is 14.8. The fourth-order valence-electron chi connectivity index (χ4n) is 1.13. The maximum atomic E-state index is 5.54. The van der Waals surface area contributed by atoms with E-state index in [2.05, 4.69) is 9.97 Å². The van der Waals surface area contributed by atoms with E-state index < -0.39 is 0 Å². The third kappa shape index (κ3) is 1.16. The van der Waals surface area contributed by atoms with Crippen LogP contribution in [-0.2, 0) is 0 Å². The third-order valence-electron chi connectivity index (χ3n) is 1.69. The van der Waals surface area contributed by atoms with E-state index in [0.717, 1.165) is 11.3 Å². The van der Waals surface area contributed by atoms with E-state index in [4.69, 9.17) is 5.73 Å². The fraction of sp³-hybridized carbons (Fsp3) is 0. The summed E-state index contributed by atoms with van der Waals surface area (Å²) in [6.07, 6.45) is 3.58. The molecule has 2 rings (SSSR count). The van der Waals surface area contributed by atoms with Crippen LogP contribution >= 0.6 is 0 Å². The molecule has 0 saturated carbocycles. The summed E-state index contributed by atoms with van der Waals surface area (Å²) in [4.78, 5) is 7.01. The standard InChI is InChI=1S/C9H9N3/c10-9-6-7(3-5-12-9)8-2-1-4-11-8/h1-6,11H,(H2,10,12). The van der Waals surface area contributed by atoms with E-state index in [-0.39, 0.29) is 0 Å². The Labute approximate surface area is 70.3 Å². The Morgan fingerprint density at radius 1 is 1.33 bits per heavy atom. The number of pyridine rings is 1. The molecule has 3 N–H and O–H groups in total. The predicted molar refractivity (Wildman–Crippen MR) is 48.4 cm³/mol. The minimum Gasteiger partial charge on any atom is -0.384 e. The van der Waals surface area contributed by atoms with Gasteiger partial charge in [-0.15, -0.1) is 0 Å².